The Bertz CT molecular complexity index is 2810. The Morgan fingerprint density at radius 2 is 1.12 bits per heavy atom. The normalized spacial score (nSPS) is 11.9. The molecule has 0 saturated heterocycles. The molecule has 5 heteroatoms. The first-order chi connectivity index (χ1) is 25.3. The maximum absolute atomic E-state index is 6.41. The van der Waals surface area contributed by atoms with Gasteiger partial charge in [0.1, 0.15) is 17.0 Å². The summed E-state index contributed by atoms with van der Waals surface area (Å²) in [6.07, 6.45) is 3.74. The van der Waals surface area contributed by atoms with E-state index in [1.165, 1.54) is 31.5 Å². The van der Waals surface area contributed by atoms with Crippen molar-refractivity contribution in [2.45, 2.75) is 0 Å². The molecule has 10 rings (SSSR count). The van der Waals surface area contributed by atoms with Crippen LogP contribution in [0.3, 0.4) is 0 Å². The van der Waals surface area contributed by atoms with E-state index in [0.717, 1.165) is 50.0 Å². The van der Waals surface area contributed by atoms with Crippen LogP contribution in [0.1, 0.15) is 0 Å². The molecule has 0 N–H and O–H groups in total. The molecule has 0 unspecified atom stereocenters. The largest absolute Gasteiger partial charge is 0.456 e. The highest BCUT2D eigenvalue weighted by molar-refractivity contribution is 7.20. The van der Waals surface area contributed by atoms with Gasteiger partial charge in [0.25, 0.3) is 0 Å². The van der Waals surface area contributed by atoms with Gasteiger partial charge in [-0.2, -0.15) is 0 Å². The minimum Gasteiger partial charge on any atom is -0.456 e. The molecular weight excluding hydrogens is 639 g/mol. The average Bonchev–Trinajstić information content (AvgIpc) is 3.75. The third-order valence-corrected chi connectivity index (χ3v) is 15.0. The fourth-order valence-electron chi connectivity index (χ4n) is 8.09. The molecular formula is C46H31N3OSi. The van der Waals surface area contributed by atoms with Gasteiger partial charge in [-0.15, -0.1) is 0 Å². The molecule has 0 radical (unpaired) electrons. The Hall–Kier alpha value is -6.56. The van der Waals surface area contributed by atoms with Crippen LogP contribution in [0, 0.1) is 0 Å². The molecule has 0 spiro atoms. The van der Waals surface area contributed by atoms with Gasteiger partial charge in [-0.1, -0.05) is 127 Å². The van der Waals surface area contributed by atoms with Gasteiger partial charge >= 0.3 is 0 Å². The zero-order valence-electron chi connectivity index (χ0n) is 27.6. The second-order valence-electron chi connectivity index (χ2n) is 13.0. The van der Waals surface area contributed by atoms with Crippen LogP contribution in [0.25, 0.3) is 60.8 Å². The average molecular weight is 670 g/mol. The molecule has 0 atom stereocenters. The highest BCUT2D eigenvalue weighted by Gasteiger charge is 2.42. The van der Waals surface area contributed by atoms with Crippen LogP contribution < -0.4 is 20.7 Å². The molecule has 10 aromatic rings. The highest BCUT2D eigenvalue weighted by atomic mass is 28.3. The summed E-state index contributed by atoms with van der Waals surface area (Å²) < 4.78 is 8.76. The van der Waals surface area contributed by atoms with Crippen molar-refractivity contribution in [3.8, 4) is 17.1 Å². The first-order valence-corrected chi connectivity index (χ1v) is 19.2. The zero-order valence-corrected chi connectivity index (χ0v) is 28.6. The number of rotatable bonds is 6. The van der Waals surface area contributed by atoms with E-state index in [0.29, 0.717) is 0 Å². The van der Waals surface area contributed by atoms with Crippen LogP contribution >= 0.6 is 0 Å². The number of aromatic nitrogens is 3. The molecule has 0 aliphatic carbocycles. The van der Waals surface area contributed by atoms with Crippen molar-refractivity contribution in [3.63, 3.8) is 0 Å². The number of hydrogen-bond acceptors (Lipinski definition) is 3. The smallest absolute Gasteiger partial charge is 0.179 e. The second-order valence-corrected chi connectivity index (χ2v) is 16.8. The first kappa shape index (κ1) is 29.4. The monoisotopic (exact) mass is 669 g/mol. The topological polar surface area (TPSA) is 43.9 Å². The number of fused-ring (bicyclic) bond motifs is 7. The molecule has 4 heterocycles. The molecule has 6 aromatic carbocycles. The minimum atomic E-state index is -2.92. The van der Waals surface area contributed by atoms with Gasteiger partial charge in [-0.3, -0.25) is 9.55 Å². The predicted octanol–water partition coefficient (Wildman–Crippen LogP) is 8.52. The van der Waals surface area contributed by atoms with E-state index in [4.69, 9.17) is 14.4 Å². The molecule has 0 saturated carbocycles. The van der Waals surface area contributed by atoms with Crippen LogP contribution in [0.4, 0.5) is 0 Å². The van der Waals surface area contributed by atoms with Crippen molar-refractivity contribution in [2.24, 2.45) is 0 Å². The maximum Gasteiger partial charge on any atom is 0.179 e. The molecule has 0 fully saturated rings. The summed E-state index contributed by atoms with van der Waals surface area (Å²) >= 11 is 0. The Morgan fingerprint density at radius 3 is 1.86 bits per heavy atom. The van der Waals surface area contributed by atoms with Crippen LogP contribution in [0.5, 0.6) is 0 Å². The summed E-state index contributed by atoms with van der Waals surface area (Å²) in [5, 5.41) is 9.77. The quantitative estimate of drug-likeness (QED) is 0.132. The van der Waals surface area contributed by atoms with Crippen LogP contribution in [-0.2, 0) is 0 Å². The highest BCUT2D eigenvalue weighted by Crippen LogP contribution is 2.40. The lowest BCUT2D eigenvalue weighted by Crippen LogP contribution is -2.74. The zero-order chi connectivity index (χ0) is 33.8. The van der Waals surface area contributed by atoms with Crippen LogP contribution in [0.2, 0.25) is 0 Å². The summed E-state index contributed by atoms with van der Waals surface area (Å²) in [6, 6.07) is 63.2. The minimum absolute atomic E-state index is 0.868. The SMILES string of the molecule is c1ccc([Si](c2ccccc2)(c2cccc(-c3ccccn3)c2)c2ccc3c4ccc5oc6ccccc6c5c4n(-c4ccccn4)c3c2)cc1. The third-order valence-electron chi connectivity index (χ3n) is 10.2. The van der Waals surface area contributed by atoms with Gasteiger partial charge in [-0.05, 0) is 69.3 Å². The fourth-order valence-corrected chi connectivity index (χ4v) is 12.9. The first-order valence-electron chi connectivity index (χ1n) is 17.2. The van der Waals surface area contributed by atoms with E-state index in [9.17, 15) is 0 Å². The van der Waals surface area contributed by atoms with E-state index in [-0.39, 0.29) is 0 Å². The number of pyridine rings is 2. The lowest BCUT2D eigenvalue weighted by atomic mass is 10.1. The molecule has 0 amide bonds. The van der Waals surface area contributed by atoms with Gasteiger partial charge in [0.15, 0.2) is 8.07 Å². The summed E-state index contributed by atoms with van der Waals surface area (Å²) in [4.78, 5) is 9.68. The van der Waals surface area contributed by atoms with Crippen molar-refractivity contribution in [3.05, 3.63) is 188 Å². The second kappa shape index (κ2) is 11.8. The number of furan rings is 1. The number of benzene rings is 6. The molecule has 240 valence electrons. The Morgan fingerprint density at radius 1 is 0.451 bits per heavy atom. The maximum atomic E-state index is 6.41. The fraction of sp³-hybridized carbons (Fsp3) is 0. The third kappa shape index (κ3) is 4.52. The lowest BCUT2D eigenvalue weighted by molar-refractivity contribution is 0.669. The molecule has 0 aliphatic heterocycles. The van der Waals surface area contributed by atoms with Gasteiger partial charge in [0.05, 0.1) is 22.1 Å². The van der Waals surface area contributed by atoms with Crippen LogP contribution in [0.15, 0.2) is 193 Å². The van der Waals surface area contributed by atoms with E-state index in [1.54, 1.807) is 0 Å². The van der Waals surface area contributed by atoms with Crippen molar-refractivity contribution in [1.29, 1.82) is 0 Å². The Kier molecular flexibility index (Phi) is 6.79. The molecule has 51 heavy (non-hydrogen) atoms. The summed E-state index contributed by atoms with van der Waals surface area (Å²) in [7, 11) is -2.92. The van der Waals surface area contributed by atoms with E-state index < -0.39 is 8.07 Å². The van der Waals surface area contributed by atoms with Gasteiger partial charge < -0.3 is 4.42 Å². The predicted molar refractivity (Wildman–Crippen MR) is 213 cm³/mol. The van der Waals surface area contributed by atoms with Crippen molar-refractivity contribution >= 4 is 72.6 Å². The molecule has 0 aliphatic rings. The standard InChI is InChI=1S/C46H31N3OSi/c1-3-15-33(16-4-1)51(34-17-5-2-6-18-34,35-19-13-14-32(30-35)40-21-9-11-28-47-40)36-24-25-37-38-26-27-43-45(39-20-7-8-22-42(39)50-43)46(38)49(41(37)31-36)44-23-10-12-29-48-44/h1-31H. The number of para-hydroxylation sites is 1. The van der Waals surface area contributed by atoms with E-state index >= 15 is 0 Å². The summed E-state index contributed by atoms with van der Waals surface area (Å²) in [5.41, 5.74) is 6.04. The molecule has 4 nitrogen and oxygen atoms in total. The Labute approximate surface area is 295 Å². The van der Waals surface area contributed by atoms with Crippen molar-refractivity contribution in [1.82, 2.24) is 14.5 Å². The van der Waals surface area contributed by atoms with Crippen molar-refractivity contribution in [2.75, 3.05) is 0 Å². The number of nitrogens with zero attached hydrogens (tertiary/aromatic N) is 3. The lowest BCUT2D eigenvalue weighted by Gasteiger charge is -2.34. The molecule has 0 bridgehead atoms. The van der Waals surface area contributed by atoms with Crippen molar-refractivity contribution < 1.29 is 4.42 Å². The van der Waals surface area contributed by atoms with Gasteiger partial charge in [0, 0.05) is 34.1 Å². The number of hydrogen-bond donors (Lipinski definition) is 0. The van der Waals surface area contributed by atoms with Gasteiger partial charge in [-0.25, -0.2) is 4.98 Å². The van der Waals surface area contributed by atoms with Crippen LogP contribution in [-0.4, -0.2) is 22.6 Å². The van der Waals surface area contributed by atoms with E-state index in [2.05, 4.69) is 156 Å². The summed E-state index contributed by atoms with van der Waals surface area (Å²) in [5.74, 6) is 0.872. The summed E-state index contributed by atoms with van der Waals surface area (Å²) in [6.45, 7) is 0. The van der Waals surface area contributed by atoms with E-state index in [1.807, 2.05) is 36.7 Å². The Balaban J connectivity index is 1.36. The molecule has 4 aromatic heterocycles. The van der Waals surface area contributed by atoms with Gasteiger partial charge in [0.2, 0.25) is 0 Å².